The van der Waals surface area contributed by atoms with Gasteiger partial charge < -0.3 is 13.7 Å². The summed E-state index contributed by atoms with van der Waals surface area (Å²) in [6.07, 6.45) is 5.62. The van der Waals surface area contributed by atoms with Gasteiger partial charge in [-0.25, -0.2) is 0 Å². The van der Waals surface area contributed by atoms with Crippen LogP contribution in [0.3, 0.4) is 0 Å². The van der Waals surface area contributed by atoms with Gasteiger partial charge in [0.1, 0.15) is 5.78 Å². The number of Topliss-reactive ketones (excluding diaryl/α,β-unsaturated/α-hetero) is 1. The van der Waals surface area contributed by atoms with Crippen molar-refractivity contribution >= 4 is 11.8 Å². The van der Waals surface area contributed by atoms with Crippen molar-refractivity contribution < 1.29 is 23.3 Å². The lowest BCUT2D eigenvalue weighted by molar-refractivity contribution is -0.155. The Hall–Kier alpha value is -2.44. The molecule has 24 heavy (non-hydrogen) atoms. The topological polar surface area (TPSA) is 95.4 Å². The zero-order valence-corrected chi connectivity index (χ0v) is 13.1. The summed E-state index contributed by atoms with van der Waals surface area (Å²) >= 11 is 0. The molecule has 0 amide bonds. The van der Waals surface area contributed by atoms with Crippen molar-refractivity contribution in [2.45, 2.75) is 38.7 Å². The van der Waals surface area contributed by atoms with Gasteiger partial charge in [-0.05, 0) is 37.8 Å². The number of rotatable bonds is 4. The number of ether oxygens (including phenoxy) is 1. The predicted molar refractivity (Wildman–Crippen MR) is 80.4 cm³/mol. The molecule has 2 aliphatic carbocycles. The van der Waals surface area contributed by atoms with Crippen LogP contribution in [0.1, 0.15) is 37.9 Å². The number of fused-ring (bicyclic) bond motifs is 2. The highest BCUT2D eigenvalue weighted by Gasteiger charge is 2.41. The van der Waals surface area contributed by atoms with Crippen molar-refractivity contribution in [2.75, 3.05) is 0 Å². The number of hydrogen-bond acceptors (Lipinski definition) is 7. The first-order chi connectivity index (χ1) is 11.7. The number of esters is 1. The third kappa shape index (κ3) is 2.86. The highest BCUT2D eigenvalue weighted by Crippen LogP contribution is 2.40. The Labute approximate surface area is 138 Å². The molecule has 0 radical (unpaired) electrons. The van der Waals surface area contributed by atoms with Crippen LogP contribution >= 0.6 is 0 Å². The van der Waals surface area contributed by atoms with Crippen LogP contribution < -0.4 is 0 Å². The van der Waals surface area contributed by atoms with Crippen LogP contribution in [0.25, 0.3) is 11.7 Å². The van der Waals surface area contributed by atoms with Crippen LogP contribution in [0.15, 0.2) is 27.3 Å². The smallest absolute Gasteiger partial charge is 0.309 e. The summed E-state index contributed by atoms with van der Waals surface area (Å²) in [6, 6.07) is 3.43. The Morgan fingerprint density at radius 1 is 1.29 bits per heavy atom. The maximum Gasteiger partial charge on any atom is 0.309 e. The van der Waals surface area contributed by atoms with Gasteiger partial charge in [-0.2, -0.15) is 4.98 Å². The van der Waals surface area contributed by atoms with Crippen LogP contribution in [0.4, 0.5) is 0 Å². The molecule has 2 fully saturated rings. The van der Waals surface area contributed by atoms with Gasteiger partial charge in [0.25, 0.3) is 5.89 Å². The SMILES string of the molecule is O=C(OCc1noc(-c2ccco2)n1)C1C[C@H]2CCC[C@@H](C1)C2=O. The maximum atomic E-state index is 12.3. The lowest BCUT2D eigenvalue weighted by Crippen LogP contribution is -2.39. The average molecular weight is 330 g/mol. The number of aromatic nitrogens is 2. The van der Waals surface area contributed by atoms with Gasteiger partial charge in [-0.15, -0.1) is 0 Å². The van der Waals surface area contributed by atoms with E-state index in [9.17, 15) is 9.59 Å². The first-order valence-electron chi connectivity index (χ1n) is 8.27. The second-order valence-corrected chi connectivity index (χ2v) is 6.50. The Balaban J connectivity index is 1.34. The second kappa shape index (κ2) is 6.22. The van der Waals surface area contributed by atoms with E-state index in [4.69, 9.17) is 13.7 Å². The number of carbonyl (C=O) groups excluding carboxylic acids is 2. The minimum Gasteiger partial charge on any atom is -0.459 e. The molecule has 1 unspecified atom stereocenters. The van der Waals surface area contributed by atoms with Crippen molar-refractivity contribution in [3.8, 4) is 11.7 Å². The number of hydrogen-bond donors (Lipinski definition) is 0. The molecule has 2 aliphatic rings. The molecule has 2 aromatic heterocycles. The van der Waals surface area contributed by atoms with Crippen LogP contribution in [-0.4, -0.2) is 21.9 Å². The molecule has 3 atom stereocenters. The molecule has 0 aromatic carbocycles. The minimum absolute atomic E-state index is 0.0331. The van der Waals surface area contributed by atoms with E-state index in [0.717, 1.165) is 19.3 Å². The number of carbonyl (C=O) groups is 2. The molecule has 4 rings (SSSR count). The summed E-state index contributed by atoms with van der Waals surface area (Å²) in [4.78, 5) is 28.5. The van der Waals surface area contributed by atoms with E-state index in [0.29, 0.717) is 30.2 Å². The molecule has 0 spiro atoms. The van der Waals surface area contributed by atoms with Crippen molar-refractivity contribution in [1.82, 2.24) is 10.1 Å². The molecule has 2 bridgehead atoms. The number of nitrogens with zero attached hydrogens (tertiary/aromatic N) is 2. The third-order valence-corrected chi connectivity index (χ3v) is 4.92. The molecule has 7 heteroatoms. The summed E-state index contributed by atoms with van der Waals surface area (Å²) < 4.78 is 15.6. The fourth-order valence-electron chi connectivity index (χ4n) is 3.74. The lowest BCUT2D eigenvalue weighted by atomic mass is 9.67. The summed E-state index contributed by atoms with van der Waals surface area (Å²) in [5.41, 5.74) is 0. The standard InChI is InChI=1S/C17H18N2O5/c20-15-10-3-1-4-11(15)8-12(7-10)17(21)23-9-14-18-16(24-19-14)13-5-2-6-22-13/h2,5-6,10-12H,1,3-4,7-9H2/t10-,11+,12?. The highest BCUT2D eigenvalue weighted by molar-refractivity contribution is 5.87. The summed E-state index contributed by atoms with van der Waals surface area (Å²) in [5, 5.41) is 3.78. The van der Waals surface area contributed by atoms with Gasteiger partial charge in [0.15, 0.2) is 12.4 Å². The molecule has 2 heterocycles. The third-order valence-electron chi connectivity index (χ3n) is 4.92. The summed E-state index contributed by atoms with van der Waals surface area (Å²) in [6.45, 7) is -0.0389. The van der Waals surface area contributed by atoms with Crippen LogP contribution in [0.2, 0.25) is 0 Å². The van der Waals surface area contributed by atoms with E-state index in [1.54, 1.807) is 12.1 Å². The molecule has 2 saturated carbocycles. The van der Waals surface area contributed by atoms with Gasteiger partial charge in [0.2, 0.25) is 5.82 Å². The fraction of sp³-hybridized carbons (Fsp3) is 0.529. The van der Waals surface area contributed by atoms with Gasteiger partial charge in [-0.3, -0.25) is 9.59 Å². The highest BCUT2D eigenvalue weighted by atomic mass is 16.5. The first kappa shape index (κ1) is 15.1. The number of ketones is 1. The monoisotopic (exact) mass is 330 g/mol. The second-order valence-electron chi connectivity index (χ2n) is 6.50. The van der Waals surface area contributed by atoms with Crippen molar-refractivity contribution in [3.05, 3.63) is 24.2 Å². The zero-order chi connectivity index (χ0) is 16.5. The molecule has 0 N–H and O–H groups in total. The zero-order valence-electron chi connectivity index (χ0n) is 13.1. The molecular weight excluding hydrogens is 312 g/mol. The molecular formula is C17H18N2O5. The Morgan fingerprint density at radius 3 is 2.79 bits per heavy atom. The van der Waals surface area contributed by atoms with Gasteiger partial charge in [0, 0.05) is 11.8 Å². The van der Waals surface area contributed by atoms with Crippen LogP contribution in [0, 0.1) is 17.8 Å². The van der Waals surface area contributed by atoms with Gasteiger partial charge in [0.05, 0.1) is 12.2 Å². The number of furan rings is 1. The van der Waals surface area contributed by atoms with Crippen molar-refractivity contribution in [3.63, 3.8) is 0 Å². The fourth-order valence-corrected chi connectivity index (χ4v) is 3.74. The summed E-state index contributed by atoms with van der Waals surface area (Å²) in [5.74, 6) is 0.950. The van der Waals surface area contributed by atoms with Gasteiger partial charge in [-0.1, -0.05) is 11.6 Å². The Kier molecular flexibility index (Phi) is 3.92. The van der Waals surface area contributed by atoms with E-state index in [-0.39, 0.29) is 36.2 Å². The molecule has 7 nitrogen and oxygen atoms in total. The van der Waals surface area contributed by atoms with E-state index < -0.39 is 0 Å². The normalized spacial score (nSPS) is 26.3. The lowest BCUT2D eigenvalue weighted by Gasteiger charge is -2.36. The van der Waals surface area contributed by atoms with Crippen molar-refractivity contribution in [2.24, 2.45) is 17.8 Å². The van der Waals surface area contributed by atoms with Crippen LogP contribution in [-0.2, 0) is 20.9 Å². The molecule has 2 aromatic rings. The molecule has 0 saturated heterocycles. The Morgan fingerprint density at radius 2 is 2.08 bits per heavy atom. The van der Waals surface area contributed by atoms with Crippen molar-refractivity contribution in [1.29, 1.82) is 0 Å². The maximum absolute atomic E-state index is 12.3. The van der Waals surface area contributed by atoms with E-state index in [2.05, 4.69) is 10.1 Å². The van der Waals surface area contributed by atoms with E-state index in [1.165, 1.54) is 6.26 Å². The van der Waals surface area contributed by atoms with Gasteiger partial charge >= 0.3 is 5.97 Å². The first-order valence-corrected chi connectivity index (χ1v) is 8.27. The average Bonchev–Trinajstić information content (AvgIpc) is 3.23. The quantitative estimate of drug-likeness (QED) is 0.795. The van der Waals surface area contributed by atoms with Crippen LogP contribution in [0.5, 0.6) is 0 Å². The Bertz CT molecular complexity index is 720. The largest absolute Gasteiger partial charge is 0.459 e. The van der Waals surface area contributed by atoms with E-state index in [1.807, 2.05) is 0 Å². The predicted octanol–water partition coefficient (Wildman–Crippen LogP) is 2.77. The minimum atomic E-state index is -0.274. The molecule has 126 valence electrons. The van der Waals surface area contributed by atoms with E-state index >= 15 is 0 Å². The molecule has 0 aliphatic heterocycles. The summed E-state index contributed by atoms with van der Waals surface area (Å²) in [7, 11) is 0.